The first-order chi connectivity index (χ1) is 6.79. The van der Waals surface area contributed by atoms with E-state index in [0.717, 1.165) is 19.0 Å². The smallest absolute Gasteiger partial charge is 0.146 e. The highest BCUT2D eigenvalue weighted by Crippen LogP contribution is 2.29. The molecule has 1 saturated heterocycles. The molecule has 80 valence electrons. The topological polar surface area (TPSA) is 20.3 Å². The van der Waals surface area contributed by atoms with Crippen molar-refractivity contribution in [1.29, 1.82) is 0 Å². The molecular formula is C12H21NO. The standard InChI is InChI=1S/C12H21NO/c1-10(14)12-8-4-5-9-13(12)11-6-2-3-7-11/h11-12H,2-9H2,1H3. The number of ketones is 1. The Morgan fingerprint density at radius 3 is 2.36 bits per heavy atom. The summed E-state index contributed by atoms with van der Waals surface area (Å²) in [5.74, 6) is 0.386. The third kappa shape index (κ3) is 2.00. The van der Waals surface area contributed by atoms with Crippen molar-refractivity contribution in [3.05, 3.63) is 0 Å². The van der Waals surface area contributed by atoms with Crippen LogP contribution in [0.5, 0.6) is 0 Å². The molecule has 1 heterocycles. The van der Waals surface area contributed by atoms with Gasteiger partial charge in [0.05, 0.1) is 6.04 Å². The van der Waals surface area contributed by atoms with E-state index in [1.807, 2.05) is 0 Å². The Labute approximate surface area is 86.7 Å². The summed E-state index contributed by atoms with van der Waals surface area (Å²) in [7, 11) is 0. The number of hydrogen-bond donors (Lipinski definition) is 0. The van der Waals surface area contributed by atoms with Gasteiger partial charge in [0.2, 0.25) is 0 Å². The number of piperidine rings is 1. The zero-order valence-electron chi connectivity index (χ0n) is 9.17. The summed E-state index contributed by atoms with van der Waals surface area (Å²) in [5.41, 5.74) is 0. The predicted octanol–water partition coefficient (Wildman–Crippen LogP) is 2.37. The van der Waals surface area contributed by atoms with E-state index in [9.17, 15) is 4.79 Å². The van der Waals surface area contributed by atoms with Gasteiger partial charge in [-0.15, -0.1) is 0 Å². The molecule has 0 amide bonds. The van der Waals surface area contributed by atoms with Crippen LogP contribution in [0.3, 0.4) is 0 Å². The van der Waals surface area contributed by atoms with E-state index in [1.165, 1.54) is 38.5 Å². The lowest BCUT2D eigenvalue weighted by atomic mass is 9.96. The van der Waals surface area contributed by atoms with Crippen LogP contribution in [0, 0.1) is 0 Å². The van der Waals surface area contributed by atoms with Crippen LogP contribution in [-0.4, -0.2) is 29.3 Å². The van der Waals surface area contributed by atoms with Crippen LogP contribution in [0.1, 0.15) is 51.9 Å². The van der Waals surface area contributed by atoms with Gasteiger partial charge in [-0.2, -0.15) is 0 Å². The Kier molecular flexibility index (Phi) is 3.22. The van der Waals surface area contributed by atoms with Gasteiger partial charge in [0.15, 0.2) is 0 Å². The lowest BCUT2D eigenvalue weighted by Crippen LogP contribution is -2.48. The maximum Gasteiger partial charge on any atom is 0.146 e. The summed E-state index contributed by atoms with van der Waals surface area (Å²) in [6.07, 6.45) is 9.02. The number of rotatable bonds is 2. The second kappa shape index (κ2) is 4.43. The zero-order chi connectivity index (χ0) is 9.97. The first-order valence-electron chi connectivity index (χ1n) is 6.05. The highest BCUT2D eigenvalue weighted by Gasteiger charge is 2.32. The maximum atomic E-state index is 11.5. The molecule has 0 radical (unpaired) electrons. The Hall–Kier alpha value is -0.370. The van der Waals surface area contributed by atoms with Gasteiger partial charge in [-0.05, 0) is 39.2 Å². The van der Waals surface area contributed by atoms with Gasteiger partial charge in [-0.25, -0.2) is 0 Å². The molecule has 14 heavy (non-hydrogen) atoms. The van der Waals surface area contributed by atoms with Gasteiger partial charge in [0.1, 0.15) is 5.78 Å². The second-order valence-corrected chi connectivity index (χ2v) is 4.80. The van der Waals surface area contributed by atoms with Gasteiger partial charge in [-0.3, -0.25) is 9.69 Å². The van der Waals surface area contributed by atoms with Crippen molar-refractivity contribution in [2.75, 3.05) is 6.54 Å². The molecule has 0 spiro atoms. The van der Waals surface area contributed by atoms with Crippen LogP contribution in [-0.2, 0) is 4.79 Å². The third-order valence-electron chi connectivity index (χ3n) is 3.81. The summed E-state index contributed by atoms with van der Waals surface area (Å²) in [4.78, 5) is 14.0. The van der Waals surface area contributed by atoms with Crippen molar-refractivity contribution in [2.45, 2.75) is 64.0 Å². The van der Waals surface area contributed by atoms with Crippen molar-refractivity contribution >= 4 is 5.78 Å². The zero-order valence-corrected chi connectivity index (χ0v) is 9.17. The van der Waals surface area contributed by atoms with E-state index < -0.39 is 0 Å². The molecule has 1 aliphatic heterocycles. The van der Waals surface area contributed by atoms with Gasteiger partial charge < -0.3 is 0 Å². The molecule has 2 aliphatic rings. The number of Topliss-reactive ketones (excluding diaryl/α,β-unsaturated/α-hetero) is 1. The van der Waals surface area contributed by atoms with E-state index in [2.05, 4.69) is 4.90 Å². The van der Waals surface area contributed by atoms with Gasteiger partial charge in [0, 0.05) is 6.04 Å². The Bertz CT molecular complexity index is 208. The molecule has 1 atom stereocenters. The Balaban J connectivity index is 2.01. The molecule has 1 saturated carbocycles. The Morgan fingerprint density at radius 1 is 1.07 bits per heavy atom. The number of carbonyl (C=O) groups excluding carboxylic acids is 1. The normalized spacial score (nSPS) is 30.8. The fourth-order valence-corrected chi connectivity index (χ4v) is 3.06. The number of nitrogens with zero attached hydrogens (tertiary/aromatic N) is 1. The minimum atomic E-state index is 0.256. The molecule has 1 aliphatic carbocycles. The van der Waals surface area contributed by atoms with Gasteiger partial charge >= 0.3 is 0 Å². The molecule has 0 N–H and O–H groups in total. The van der Waals surface area contributed by atoms with E-state index in [-0.39, 0.29) is 6.04 Å². The van der Waals surface area contributed by atoms with Crippen LogP contribution in [0.2, 0.25) is 0 Å². The summed E-state index contributed by atoms with van der Waals surface area (Å²) < 4.78 is 0. The Morgan fingerprint density at radius 2 is 1.71 bits per heavy atom. The molecule has 0 aromatic heterocycles. The van der Waals surface area contributed by atoms with Crippen molar-refractivity contribution in [2.24, 2.45) is 0 Å². The van der Waals surface area contributed by atoms with Crippen molar-refractivity contribution in [1.82, 2.24) is 4.90 Å². The summed E-state index contributed by atoms with van der Waals surface area (Å²) in [6.45, 7) is 2.92. The monoisotopic (exact) mass is 195 g/mol. The van der Waals surface area contributed by atoms with E-state index in [1.54, 1.807) is 6.92 Å². The molecular weight excluding hydrogens is 174 g/mol. The lowest BCUT2D eigenvalue weighted by Gasteiger charge is -2.38. The average Bonchev–Trinajstić information content (AvgIpc) is 2.70. The van der Waals surface area contributed by atoms with Crippen LogP contribution in [0.4, 0.5) is 0 Å². The van der Waals surface area contributed by atoms with Crippen LogP contribution in [0.15, 0.2) is 0 Å². The van der Waals surface area contributed by atoms with Gasteiger partial charge in [0.25, 0.3) is 0 Å². The molecule has 2 heteroatoms. The van der Waals surface area contributed by atoms with E-state index in [0.29, 0.717) is 5.78 Å². The lowest BCUT2D eigenvalue weighted by molar-refractivity contribution is -0.124. The van der Waals surface area contributed by atoms with Crippen LogP contribution < -0.4 is 0 Å². The first kappa shape index (κ1) is 10.2. The molecule has 0 aromatic rings. The summed E-state index contributed by atoms with van der Waals surface area (Å²) >= 11 is 0. The average molecular weight is 195 g/mol. The second-order valence-electron chi connectivity index (χ2n) is 4.80. The van der Waals surface area contributed by atoms with Crippen molar-refractivity contribution in [3.63, 3.8) is 0 Å². The quantitative estimate of drug-likeness (QED) is 0.674. The van der Waals surface area contributed by atoms with Crippen molar-refractivity contribution in [3.8, 4) is 0 Å². The largest absolute Gasteiger partial charge is 0.298 e. The molecule has 0 aromatic carbocycles. The number of likely N-dealkylation sites (tertiary alicyclic amines) is 1. The van der Waals surface area contributed by atoms with E-state index >= 15 is 0 Å². The van der Waals surface area contributed by atoms with Crippen molar-refractivity contribution < 1.29 is 4.79 Å². The highest BCUT2D eigenvalue weighted by molar-refractivity contribution is 5.81. The van der Waals surface area contributed by atoms with Gasteiger partial charge in [-0.1, -0.05) is 19.3 Å². The minimum absolute atomic E-state index is 0.256. The maximum absolute atomic E-state index is 11.5. The molecule has 0 bridgehead atoms. The molecule has 2 nitrogen and oxygen atoms in total. The fourth-order valence-electron chi connectivity index (χ4n) is 3.06. The van der Waals surface area contributed by atoms with E-state index in [4.69, 9.17) is 0 Å². The highest BCUT2D eigenvalue weighted by atomic mass is 16.1. The molecule has 1 unspecified atom stereocenters. The number of hydrogen-bond acceptors (Lipinski definition) is 2. The van der Waals surface area contributed by atoms with Crippen LogP contribution in [0.25, 0.3) is 0 Å². The molecule has 2 fully saturated rings. The minimum Gasteiger partial charge on any atom is -0.298 e. The summed E-state index contributed by atoms with van der Waals surface area (Å²) in [6, 6.07) is 0.982. The first-order valence-corrected chi connectivity index (χ1v) is 6.05. The third-order valence-corrected chi connectivity index (χ3v) is 3.81. The molecule has 2 rings (SSSR count). The van der Waals surface area contributed by atoms with Crippen LogP contribution >= 0.6 is 0 Å². The SMILES string of the molecule is CC(=O)C1CCCCN1C1CCCC1. The summed E-state index contributed by atoms with van der Waals surface area (Å²) in [5, 5.41) is 0. The fraction of sp³-hybridized carbons (Fsp3) is 0.917. The number of carbonyl (C=O) groups is 1. The predicted molar refractivity (Wildman–Crippen MR) is 57.3 cm³/mol.